The first kappa shape index (κ1) is 12.2. The molecule has 1 heteroatoms. The van der Waals surface area contributed by atoms with Crippen molar-refractivity contribution in [2.45, 2.75) is 40.0 Å². The molecule has 0 fully saturated rings. The summed E-state index contributed by atoms with van der Waals surface area (Å²) in [5.74, 6) is 0.673. The molecular formula is C12H20O. The second-order valence-corrected chi connectivity index (χ2v) is 3.76. The Hall–Kier alpha value is -0.850. The van der Waals surface area contributed by atoms with Gasteiger partial charge in [0.1, 0.15) is 6.29 Å². The van der Waals surface area contributed by atoms with E-state index >= 15 is 0 Å². The highest BCUT2D eigenvalue weighted by Crippen LogP contribution is 2.11. The second kappa shape index (κ2) is 7.78. The van der Waals surface area contributed by atoms with Crippen LogP contribution in [0, 0.1) is 5.92 Å². The van der Waals surface area contributed by atoms with Gasteiger partial charge in [-0.1, -0.05) is 24.6 Å². The molecule has 1 atom stereocenters. The summed E-state index contributed by atoms with van der Waals surface area (Å²) in [7, 11) is 0. The van der Waals surface area contributed by atoms with Crippen molar-refractivity contribution in [3.8, 4) is 0 Å². The van der Waals surface area contributed by atoms with Gasteiger partial charge in [-0.25, -0.2) is 0 Å². The first-order valence-electron chi connectivity index (χ1n) is 4.90. The van der Waals surface area contributed by atoms with Crippen LogP contribution in [0.4, 0.5) is 0 Å². The minimum atomic E-state index is 0.673. The molecule has 1 unspecified atom stereocenters. The van der Waals surface area contributed by atoms with Crippen LogP contribution in [0.15, 0.2) is 23.8 Å². The van der Waals surface area contributed by atoms with Crippen molar-refractivity contribution >= 4 is 6.29 Å². The molecule has 0 N–H and O–H groups in total. The fourth-order valence-electron chi connectivity index (χ4n) is 1.14. The lowest BCUT2D eigenvalue weighted by Gasteiger charge is -2.05. The van der Waals surface area contributed by atoms with Gasteiger partial charge in [-0.05, 0) is 45.1 Å². The number of hydrogen-bond donors (Lipinski definition) is 0. The molecule has 0 aliphatic heterocycles. The molecule has 0 aliphatic carbocycles. The summed E-state index contributed by atoms with van der Waals surface area (Å²) < 4.78 is 0. The van der Waals surface area contributed by atoms with E-state index in [1.54, 1.807) is 6.08 Å². The Morgan fingerprint density at radius 3 is 2.62 bits per heavy atom. The van der Waals surface area contributed by atoms with Crippen molar-refractivity contribution in [3.05, 3.63) is 23.8 Å². The van der Waals surface area contributed by atoms with E-state index in [1.165, 1.54) is 12.0 Å². The van der Waals surface area contributed by atoms with Crippen molar-refractivity contribution in [2.75, 3.05) is 0 Å². The molecule has 1 nitrogen and oxygen atoms in total. The third kappa shape index (κ3) is 9.06. The molecule has 0 amide bonds. The smallest absolute Gasteiger partial charge is 0.142 e. The minimum Gasteiger partial charge on any atom is -0.299 e. The lowest BCUT2D eigenvalue weighted by atomic mass is 10.0. The third-order valence-corrected chi connectivity index (χ3v) is 1.97. The summed E-state index contributed by atoms with van der Waals surface area (Å²) in [6.07, 6.45) is 9.99. The molecule has 0 saturated heterocycles. The predicted molar refractivity (Wildman–Crippen MR) is 57.7 cm³/mol. The topological polar surface area (TPSA) is 17.1 Å². The molecule has 0 rings (SSSR count). The number of rotatable bonds is 6. The number of aldehydes is 1. The lowest BCUT2D eigenvalue weighted by Crippen LogP contribution is -1.91. The van der Waals surface area contributed by atoms with Crippen molar-refractivity contribution in [2.24, 2.45) is 5.92 Å². The lowest BCUT2D eigenvalue weighted by molar-refractivity contribution is -0.104. The molecule has 74 valence electrons. The molecule has 0 radical (unpaired) electrons. The van der Waals surface area contributed by atoms with Crippen LogP contribution in [0.25, 0.3) is 0 Å². The van der Waals surface area contributed by atoms with Crippen LogP contribution in [-0.4, -0.2) is 6.29 Å². The zero-order valence-corrected chi connectivity index (χ0v) is 8.92. The molecule has 13 heavy (non-hydrogen) atoms. The van der Waals surface area contributed by atoms with Crippen molar-refractivity contribution < 1.29 is 4.79 Å². The van der Waals surface area contributed by atoms with Gasteiger partial charge < -0.3 is 0 Å². The summed E-state index contributed by atoms with van der Waals surface area (Å²) in [5, 5.41) is 0. The molecule has 0 spiro atoms. The maximum absolute atomic E-state index is 9.99. The zero-order valence-electron chi connectivity index (χ0n) is 8.92. The van der Waals surface area contributed by atoms with E-state index < -0.39 is 0 Å². The van der Waals surface area contributed by atoms with Crippen molar-refractivity contribution in [1.82, 2.24) is 0 Å². The molecule has 0 aliphatic rings. The van der Waals surface area contributed by atoms with Crippen LogP contribution in [0.5, 0.6) is 0 Å². The van der Waals surface area contributed by atoms with Gasteiger partial charge in [0.15, 0.2) is 0 Å². The number of carbonyl (C=O) groups is 1. The summed E-state index contributed by atoms with van der Waals surface area (Å²) in [6, 6.07) is 0. The fourth-order valence-corrected chi connectivity index (χ4v) is 1.14. The van der Waals surface area contributed by atoms with Gasteiger partial charge in [0.2, 0.25) is 0 Å². The van der Waals surface area contributed by atoms with E-state index in [2.05, 4.69) is 26.8 Å². The van der Waals surface area contributed by atoms with Crippen LogP contribution < -0.4 is 0 Å². The summed E-state index contributed by atoms with van der Waals surface area (Å²) in [5.41, 5.74) is 1.38. The number of allylic oxidation sites excluding steroid dienone is 4. The Balaban J connectivity index is 3.51. The number of carbonyl (C=O) groups excluding carboxylic acids is 1. The third-order valence-electron chi connectivity index (χ3n) is 1.97. The van der Waals surface area contributed by atoms with Gasteiger partial charge in [-0.2, -0.15) is 0 Å². The van der Waals surface area contributed by atoms with Gasteiger partial charge >= 0.3 is 0 Å². The summed E-state index contributed by atoms with van der Waals surface area (Å²) >= 11 is 0. The Labute approximate surface area is 81.5 Å². The van der Waals surface area contributed by atoms with Crippen LogP contribution in [-0.2, 0) is 4.79 Å². The average Bonchev–Trinajstić information content (AvgIpc) is 2.04. The zero-order chi connectivity index (χ0) is 10.1. The van der Waals surface area contributed by atoms with E-state index in [4.69, 9.17) is 0 Å². The summed E-state index contributed by atoms with van der Waals surface area (Å²) in [4.78, 5) is 9.99. The van der Waals surface area contributed by atoms with Crippen LogP contribution in [0.1, 0.15) is 40.0 Å². The average molecular weight is 180 g/mol. The Morgan fingerprint density at radius 2 is 2.08 bits per heavy atom. The molecule has 0 aromatic carbocycles. The Morgan fingerprint density at radius 1 is 1.38 bits per heavy atom. The van der Waals surface area contributed by atoms with E-state index in [-0.39, 0.29) is 0 Å². The Kier molecular flexibility index (Phi) is 7.27. The molecule has 0 aromatic rings. The first-order valence-corrected chi connectivity index (χ1v) is 4.90. The molecule has 0 aromatic heterocycles. The second-order valence-electron chi connectivity index (χ2n) is 3.76. The van der Waals surface area contributed by atoms with Gasteiger partial charge in [0, 0.05) is 0 Å². The highest BCUT2D eigenvalue weighted by molar-refractivity contribution is 5.64. The summed E-state index contributed by atoms with van der Waals surface area (Å²) in [6.45, 7) is 6.46. The molecule has 0 heterocycles. The van der Waals surface area contributed by atoms with Crippen LogP contribution in [0.2, 0.25) is 0 Å². The normalized spacial score (nSPS) is 12.8. The van der Waals surface area contributed by atoms with Crippen LogP contribution in [0.3, 0.4) is 0 Å². The van der Waals surface area contributed by atoms with Gasteiger partial charge in [-0.3, -0.25) is 4.79 Å². The fraction of sp³-hybridized carbons (Fsp3) is 0.583. The molecule has 0 saturated carbocycles. The molecular weight excluding hydrogens is 160 g/mol. The van der Waals surface area contributed by atoms with Crippen LogP contribution >= 0.6 is 0 Å². The van der Waals surface area contributed by atoms with Crippen molar-refractivity contribution in [3.63, 3.8) is 0 Å². The highest BCUT2D eigenvalue weighted by Gasteiger charge is 1.97. The van der Waals surface area contributed by atoms with Gasteiger partial charge in [0.05, 0.1) is 0 Å². The standard InChI is InChI=1S/C12H20O/c1-11(2)7-6-9-12(3)8-4-5-10-13/h4-5,7,10,12H,6,8-9H2,1-3H3. The monoisotopic (exact) mass is 180 g/mol. The highest BCUT2D eigenvalue weighted by atomic mass is 16.1. The number of hydrogen-bond acceptors (Lipinski definition) is 1. The van der Waals surface area contributed by atoms with Crippen molar-refractivity contribution in [1.29, 1.82) is 0 Å². The van der Waals surface area contributed by atoms with E-state index in [1.807, 2.05) is 6.08 Å². The maximum atomic E-state index is 9.99. The predicted octanol–water partition coefficient (Wildman–Crippen LogP) is 3.51. The van der Waals surface area contributed by atoms with E-state index in [0.717, 1.165) is 19.1 Å². The van der Waals surface area contributed by atoms with E-state index in [0.29, 0.717) is 5.92 Å². The molecule has 0 bridgehead atoms. The van der Waals surface area contributed by atoms with E-state index in [9.17, 15) is 4.79 Å². The first-order chi connectivity index (χ1) is 6.16. The SMILES string of the molecule is CC(C)=CCCC(C)CC=CC=O. The Bertz CT molecular complexity index is 185. The van der Waals surface area contributed by atoms with Gasteiger partial charge in [0.25, 0.3) is 0 Å². The van der Waals surface area contributed by atoms with Gasteiger partial charge in [-0.15, -0.1) is 0 Å². The quantitative estimate of drug-likeness (QED) is 0.347. The largest absolute Gasteiger partial charge is 0.299 e. The minimum absolute atomic E-state index is 0.673. The maximum Gasteiger partial charge on any atom is 0.142 e.